The summed E-state index contributed by atoms with van der Waals surface area (Å²) in [5, 5.41) is 12.2. The highest BCUT2D eigenvalue weighted by atomic mass is 16.7. The van der Waals surface area contributed by atoms with Crippen molar-refractivity contribution >= 4 is 11.9 Å². The first-order chi connectivity index (χ1) is 11.1. The molecule has 23 heavy (non-hydrogen) atoms. The monoisotopic (exact) mass is 317 g/mol. The molecule has 1 aromatic rings. The molecule has 0 saturated heterocycles. The highest BCUT2D eigenvalue weighted by Crippen LogP contribution is 2.34. The van der Waals surface area contributed by atoms with Crippen molar-refractivity contribution in [1.29, 1.82) is 0 Å². The van der Waals surface area contributed by atoms with Gasteiger partial charge in [-0.25, -0.2) is 0 Å². The van der Waals surface area contributed by atoms with Crippen molar-refractivity contribution in [2.24, 2.45) is 11.8 Å². The molecule has 1 aliphatic carbocycles. The van der Waals surface area contributed by atoms with E-state index in [1.807, 2.05) is 37.3 Å². The zero-order chi connectivity index (χ0) is 16.4. The van der Waals surface area contributed by atoms with Crippen LogP contribution in [0.4, 0.5) is 0 Å². The van der Waals surface area contributed by atoms with Crippen molar-refractivity contribution in [1.82, 2.24) is 5.32 Å². The average Bonchev–Trinajstić information content (AvgIpc) is 3.02. The standard InChI is InChI=1S/C17H19NO5/c1-10(11-6-7-14-15(8-11)23-9-22-14)18-16(19)12-4-2-3-5-13(12)17(20)21/h2-3,6-8,10,12-13H,4-5,9H2,1H3,(H,18,19)(H,20,21)/t10-,12+,13+/m1/s1. The number of nitrogens with one attached hydrogen (secondary N) is 1. The minimum absolute atomic E-state index is 0.203. The van der Waals surface area contributed by atoms with E-state index in [0.717, 1.165) is 5.56 Å². The first-order valence-electron chi connectivity index (χ1n) is 7.64. The Kier molecular flexibility index (Phi) is 4.23. The topological polar surface area (TPSA) is 84.9 Å². The van der Waals surface area contributed by atoms with E-state index in [1.165, 1.54) is 0 Å². The van der Waals surface area contributed by atoms with Gasteiger partial charge in [0.2, 0.25) is 12.7 Å². The summed E-state index contributed by atoms with van der Waals surface area (Å²) in [6.07, 6.45) is 4.54. The summed E-state index contributed by atoms with van der Waals surface area (Å²) in [4.78, 5) is 23.8. The minimum atomic E-state index is -0.926. The van der Waals surface area contributed by atoms with E-state index in [4.69, 9.17) is 9.47 Å². The van der Waals surface area contributed by atoms with Gasteiger partial charge >= 0.3 is 5.97 Å². The number of hydrogen-bond acceptors (Lipinski definition) is 4. The number of rotatable bonds is 4. The largest absolute Gasteiger partial charge is 0.481 e. The molecule has 3 rings (SSSR count). The van der Waals surface area contributed by atoms with Crippen LogP contribution in [0.2, 0.25) is 0 Å². The van der Waals surface area contributed by atoms with Gasteiger partial charge in [-0.3, -0.25) is 9.59 Å². The predicted molar refractivity (Wildman–Crippen MR) is 82.1 cm³/mol. The maximum Gasteiger partial charge on any atom is 0.307 e. The van der Waals surface area contributed by atoms with Gasteiger partial charge in [-0.2, -0.15) is 0 Å². The number of carboxylic acids is 1. The third kappa shape index (κ3) is 3.16. The zero-order valence-electron chi connectivity index (χ0n) is 12.8. The third-order valence-electron chi connectivity index (χ3n) is 4.34. The maximum absolute atomic E-state index is 12.5. The van der Waals surface area contributed by atoms with Gasteiger partial charge in [-0.15, -0.1) is 0 Å². The van der Waals surface area contributed by atoms with E-state index < -0.39 is 17.8 Å². The molecule has 6 nitrogen and oxygen atoms in total. The number of carboxylic acid groups (broad SMARTS) is 1. The summed E-state index contributed by atoms with van der Waals surface area (Å²) >= 11 is 0. The Morgan fingerprint density at radius 1 is 1.17 bits per heavy atom. The lowest BCUT2D eigenvalue weighted by molar-refractivity contribution is -0.147. The van der Waals surface area contributed by atoms with Crippen LogP contribution < -0.4 is 14.8 Å². The van der Waals surface area contributed by atoms with E-state index in [1.54, 1.807) is 0 Å². The second-order valence-electron chi connectivity index (χ2n) is 5.84. The summed E-state index contributed by atoms with van der Waals surface area (Å²) in [5.74, 6) is -1.00. The number of fused-ring (bicyclic) bond motifs is 1. The van der Waals surface area contributed by atoms with Crippen LogP contribution >= 0.6 is 0 Å². The predicted octanol–water partition coefficient (Wildman–Crippen LogP) is 2.26. The molecule has 1 amide bonds. The molecular weight excluding hydrogens is 298 g/mol. The second kappa shape index (κ2) is 6.32. The lowest BCUT2D eigenvalue weighted by Crippen LogP contribution is -2.39. The molecule has 0 fully saturated rings. The fourth-order valence-electron chi connectivity index (χ4n) is 2.96. The molecule has 0 bridgehead atoms. The molecule has 0 aromatic heterocycles. The molecular formula is C17H19NO5. The summed E-state index contributed by atoms with van der Waals surface area (Å²) < 4.78 is 10.6. The van der Waals surface area contributed by atoms with Crippen molar-refractivity contribution < 1.29 is 24.2 Å². The molecule has 2 N–H and O–H groups in total. The Balaban J connectivity index is 1.69. The van der Waals surface area contributed by atoms with E-state index in [2.05, 4.69) is 5.32 Å². The van der Waals surface area contributed by atoms with Crippen molar-refractivity contribution in [2.75, 3.05) is 6.79 Å². The summed E-state index contributed by atoms with van der Waals surface area (Å²) in [6, 6.07) is 5.28. The quantitative estimate of drug-likeness (QED) is 0.832. The number of carbonyl (C=O) groups excluding carboxylic acids is 1. The molecule has 122 valence electrons. The van der Waals surface area contributed by atoms with Crippen LogP contribution in [0, 0.1) is 11.8 Å². The van der Waals surface area contributed by atoms with Gasteiger partial charge in [0.15, 0.2) is 11.5 Å². The molecule has 3 atom stereocenters. The van der Waals surface area contributed by atoms with Crippen LogP contribution in [0.5, 0.6) is 11.5 Å². The second-order valence-corrected chi connectivity index (χ2v) is 5.84. The Bertz CT molecular complexity index is 654. The smallest absolute Gasteiger partial charge is 0.307 e. The SMILES string of the molecule is C[C@@H](NC(=O)[C@H]1CC=CC[C@@H]1C(=O)O)c1ccc2c(c1)OCO2. The lowest BCUT2D eigenvalue weighted by Gasteiger charge is -2.26. The zero-order valence-corrected chi connectivity index (χ0v) is 12.8. The van der Waals surface area contributed by atoms with Crippen molar-refractivity contribution in [3.8, 4) is 11.5 Å². The van der Waals surface area contributed by atoms with Gasteiger partial charge in [0.1, 0.15) is 0 Å². The number of amides is 1. The van der Waals surface area contributed by atoms with E-state index >= 15 is 0 Å². The van der Waals surface area contributed by atoms with E-state index in [9.17, 15) is 14.7 Å². The van der Waals surface area contributed by atoms with Gasteiger partial charge in [0.05, 0.1) is 17.9 Å². The van der Waals surface area contributed by atoms with Gasteiger partial charge < -0.3 is 19.9 Å². The number of hydrogen-bond donors (Lipinski definition) is 2. The maximum atomic E-state index is 12.5. The number of aliphatic carboxylic acids is 1. The molecule has 0 spiro atoms. The Labute approximate surface area is 134 Å². The lowest BCUT2D eigenvalue weighted by atomic mass is 9.82. The minimum Gasteiger partial charge on any atom is -0.481 e. The van der Waals surface area contributed by atoms with Crippen molar-refractivity contribution in [3.05, 3.63) is 35.9 Å². The average molecular weight is 317 g/mol. The molecule has 0 radical (unpaired) electrons. The Morgan fingerprint density at radius 3 is 2.61 bits per heavy atom. The number of carbonyl (C=O) groups is 2. The molecule has 1 heterocycles. The van der Waals surface area contributed by atoms with Crippen LogP contribution in [0.15, 0.2) is 30.4 Å². The first-order valence-corrected chi connectivity index (χ1v) is 7.64. The highest BCUT2D eigenvalue weighted by Gasteiger charge is 2.34. The van der Waals surface area contributed by atoms with Crippen molar-refractivity contribution in [2.45, 2.75) is 25.8 Å². The molecule has 2 aliphatic rings. The van der Waals surface area contributed by atoms with E-state index in [0.29, 0.717) is 24.3 Å². The van der Waals surface area contributed by atoms with Gasteiger partial charge in [0, 0.05) is 0 Å². The number of benzene rings is 1. The number of allylic oxidation sites excluding steroid dienone is 2. The molecule has 1 aliphatic heterocycles. The highest BCUT2D eigenvalue weighted by molar-refractivity contribution is 5.85. The fraction of sp³-hybridized carbons (Fsp3) is 0.412. The van der Waals surface area contributed by atoms with Crippen LogP contribution in [0.3, 0.4) is 0 Å². The fourth-order valence-corrected chi connectivity index (χ4v) is 2.96. The summed E-state index contributed by atoms with van der Waals surface area (Å²) in [7, 11) is 0. The van der Waals surface area contributed by atoms with Crippen LogP contribution in [-0.2, 0) is 9.59 Å². The summed E-state index contributed by atoms with van der Waals surface area (Å²) in [5.41, 5.74) is 0.890. The van der Waals surface area contributed by atoms with Crippen LogP contribution in [0.1, 0.15) is 31.4 Å². The van der Waals surface area contributed by atoms with Gasteiger partial charge in [-0.05, 0) is 37.5 Å². The molecule has 0 unspecified atom stereocenters. The van der Waals surface area contributed by atoms with Gasteiger partial charge in [0.25, 0.3) is 0 Å². The van der Waals surface area contributed by atoms with Crippen LogP contribution in [-0.4, -0.2) is 23.8 Å². The summed E-state index contributed by atoms with van der Waals surface area (Å²) in [6.45, 7) is 2.07. The first kappa shape index (κ1) is 15.4. The third-order valence-corrected chi connectivity index (χ3v) is 4.34. The Morgan fingerprint density at radius 2 is 1.87 bits per heavy atom. The normalized spacial score (nSPS) is 23.3. The molecule has 6 heteroatoms. The van der Waals surface area contributed by atoms with Crippen molar-refractivity contribution in [3.63, 3.8) is 0 Å². The van der Waals surface area contributed by atoms with Crippen LogP contribution in [0.25, 0.3) is 0 Å². The van der Waals surface area contributed by atoms with Gasteiger partial charge in [-0.1, -0.05) is 18.2 Å². The molecule has 1 aromatic carbocycles. The Hall–Kier alpha value is -2.50. The molecule has 0 saturated carbocycles. The van der Waals surface area contributed by atoms with E-state index in [-0.39, 0.29) is 18.7 Å². The number of ether oxygens (including phenoxy) is 2.